The molecular weight excluding hydrogens is 162 g/mol. The van der Waals surface area contributed by atoms with Gasteiger partial charge in [-0.2, -0.15) is 0 Å². The van der Waals surface area contributed by atoms with Crippen molar-refractivity contribution in [2.24, 2.45) is 0 Å². The summed E-state index contributed by atoms with van der Waals surface area (Å²) in [6, 6.07) is 8.15. The van der Waals surface area contributed by atoms with Gasteiger partial charge in [0.15, 0.2) is 0 Å². The van der Waals surface area contributed by atoms with Gasteiger partial charge in [-0.25, -0.2) is 0 Å². The van der Waals surface area contributed by atoms with Crippen molar-refractivity contribution in [1.82, 2.24) is 0 Å². The molecule has 2 nitrogen and oxygen atoms in total. The van der Waals surface area contributed by atoms with Gasteiger partial charge < -0.3 is 9.69 Å². The molecule has 0 N–H and O–H groups in total. The number of benzene rings is 1. The van der Waals surface area contributed by atoms with Gasteiger partial charge in [-0.15, -0.1) is 0 Å². The molecule has 1 aliphatic heterocycles. The van der Waals surface area contributed by atoms with Crippen LogP contribution < -0.4 is 4.90 Å². The summed E-state index contributed by atoms with van der Waals surface area (Å²) in [5.74, 6) is 0.0798. The highest BCUT2D eigenvalue weighted by atomic mass is 16.1. The summed E-state index contributed by atoms with van der Waals surface area (Å²) in [6.45, 7) is 3.94. The van der Waals surface area contributed by atoms with Crippen molar-refractivity contribution >= 4 is 12.0 Å². The number of likely N-dealkylation sites (N-methyl/N-ethyl adjacent to an activating group) is 1. The molecule has 0 fully saturated rings. The molecule has 0 radical (unpaired) electrons. The predicted molar refractivity (Wildman–Crippen MR) is 53.1 cm³/mol. The molecular formula is C11H13NO. The Kier molecular flexibility index (Phi) is 2.05. The maximum Gasteiger partial charge on any atom is 0.129 e. The Balaban J connectivity index is 2.43. The Morgan fingerprint density at radius 3 is 3.00 bits per heavy atom. The van der Waals surface area contributed by atoms with E-state index in [2.05, 4.69) is 17.9 Å². The van der Waals surface area contributed by atoms with E-state index in [1.165, 1.54) is 11.3 Å². The standard InChI is InChI=1S/C11H13NO/c1-2-12-7-9(8-13)10-5-3-4-6-11(10)12/h3-6,8-9H,2,7H2,1H3. The van der Waals surface area contributed by atoms with Crippen molar-refractivity contribution in [1.29, 1.82) is 0 Å². The van der Waals surface area contributed by atoms with Crippen LogP contribution >= 0.6 is 0 Å². The van der Waals surface area contributed by atoms with Gasteiger partial charge in [-0.3, -0.25) is 0 Å². The van der Waals surface area contributed by atoms with Gasteiger partial charge in [0, 0.05) is 18.8 Å². The summed E-state index contributed by atoms with van der Waals surface area (Å²) < 4.78 is 0. The zero-order valence-electron chi connectivity index (χ0n) is 7.73. The molecule has 0 saturated carbocycles. The van der Waals surface area contributed by atoms with Crippen molar-refractivity contribution < 1.29 is 4.79 Å². The predicted octanol–water partition coefficient (Wildman–Crippen LogP) is 1.81. The Bertz CT molecular complexity index is 322. The van der Waals surface area contributed by atoms with E-state index in [1.54, 1.807) is 0 Å². The van der Waals surface area contributed by atoms with E-state index in [-0.39, 0.29) is 5.92 Å². The zero-order chi connectivity index (χ0) is 9.26. The van der Waals surface area contributed by atoms with Crippen LogP contribution in [0.25, 0.3) is 0 Å². The van der Waals surface area contributed by atoms with Gasteiger partial charge in [0.25, 0.3) is 0 Å². The SMILES string of the molecule is CCN1CC(C=O)c2ccccc21. The van der Waals surface area contributed by atoms with Crippen LogP contribution in [0.5, 0.6) is 0 Å². The Morgan fingerprint density at radius 2 is 2.31 bits per heavy atom. The zero-order valence-corrected chi connectivity index (χ0v) is 7.73. The van der Waals surface area contributed by atoms with Crippen LogP contribution in [0.2, 0.25) is 0 Å². The number of fused-ring (bicyclic) bond motifs is 1. The number of nitrogens with zero attached hydrogens (tertiary/aromatic N) is 1. The third-order valence-electron chi connectivity index (χ3n) is 2.64. The molecule has 0 bridgehead atoms. The molecule has 1 aromatic rings. The number of rotatable bonds is 2. The summed E-state index contributed by atoms with van der Waals surface area (Å²) >= 11 is 0. The third-order valence-corrected chi connectivity index (χ3v) is 2.64. The molecule has 1 atom stereocenters. The van der Waals surface area contributed by atoms with Crippen molar-refractivity contribution in [2.75, 3.05) is 18.0 Å². The summed E-state index contributed by atoms with van der Waals surface area (Å²) in [7, 11) is 0. The van der Waals surface area contributed by atoms with Gasteiger partial charge in [0.1, 0.15) is 6.29 Å². The molecule has 0 aliphatic carbocycles. The fourth-order valence-corrected chi connectivity index (χ4v) is 1.94. The molecule has 1 aliphatic rings. The molecule has 1 unspecified atom stereocenters. The van der Waals surface area contributed by atoms with Crippen molar-refractivity contribution in [3.63, 3.8) is 0 Å². The number of hydrogen-bond acceptors (Lipinski definition) is 2. The van der Waals surface area contributed by atoms with E-state index < -0.39 is 0 Å². The number of para-hydroxylation sites is 1. The summed E-state index contributed by atoms with van der Waals surface area (Å²) in [4.78, 5) is 13.0. The van der Waals surface area contributed by atoms with E-state index in [4.69, 9.17) is 0 Å². The highest BCUT2D eigenvalue weighted by Crippen LogP contribution is 2.34. The normalized spacial score (nSPS) is 20.1. The lowest BCUT2D eigenvalue weighted by Gasteiger charge is -2.15. The first-order chi connectivity index (χ1) is 6.36. The van der Waals surface area contributed by atoms with Crippen LogP contribution in [-0.2, 0) is 4.79 Å². The van der Waals surface area contributed by atoms with Crippen LogP contribution in [0.4, 0.5) is 5.69 Å². The van der Waals surface area contributed by atoms with Crippen LogP contribution in [0.1, 0.15) is 18.4 Å². The van der Waals surface area contributed by atoms with E-state index >= 15 is 0 Å². The Labute approximate surface area is 78.2 Å². The minimum atomic E-state index is 0.0798. The molecule has 0 amide bonds. The first-order valence-electron chi connectivity index (χ1n) is 4.66. The minimum Gasteiger partial charge on any atom is -0.371 e. The van der Waals surface area contributed by atoms with Crippen molar-refractivity contribution in [3.8, 4) is 0 Å². The quantitative estimate of drug-likeness (QED) is 0.639. The van der Waals surface area contributed by atoms with E-state index in [1.807, 2.05) is 18.2 Å². The lowest BCUT2D eigenvalue weighted by molar-refractivity contribution is -0.108. The molecule has 0 saturated heterocycles. The van der Waals surface area contributed by atoms with Crippen molar-refractivity contribution in [3.05, 3.63) is 29.8 Å². The molecule has 0 aromatic heterocycles. The third kappa shape index (κ3) is 1.22. The number of aldehydes is 1. The fraction of sp³-hybridized carbons (Fsp3) is 0.364. The van der Waals surface area contributed by atoms with E-state index in [9.17, 15) is 4.79 Å². The summed E-state index contributed by atoms with van der Waals surface area (Å²) in [5.41, 5.74) is 2.40. The molecule has 1 heterocycles. The van der Waals surface area contributed by atoms with Crippen LogP contribution in [0, 0.1) is 0 Å². The molecule has 0 spiro atoms. The fourth-order valence-electron chi connectivity index (χ4n) is 1.94. The van der Waals surface area contributed by atoms with E-state index in [0.717, 1.165) is 19.4 Å². The summed E-state index contributed by atoms with van der Waals surface area (Å²) in [5, 5.41) is 0. The van der Waals surface area contributed by atoms with Gasteiger partial charge in [-0.05, 0) is 18.6 Å². The number of hydrogen-bond donors (Lipinski definition) is 0. The number of anilines is 1. The molecule has 1 aromatic carbocycles. The molecule has 2 rings (SSSR count). The smallest absolute Gasteiger partial charge is 0.129 e. The van der Waals surface area contributed by atoms with Crippen LogP contribution in [0.3, 0.4) is 0 Å². The largest absolute Gasteiger partial charge is 0.371 e. The van der Waals surface area contributed by atoms with Crippen LogP contribution in [0.15, 0.2) is 24.3 Å². The maximum atomic E-state index is 10.8. The lowest BCUT2D eigenvalue weighted by Crippen LogP contribution is -2.21. The first-order valence-corrected chi connectivity index (χ1v) is 4.66. The van der Waals surface area contributed by atoms with Gasteiger partial charge in [0.05, 0.1) is 5.92 Å². The second kappa shape index (κ2) is 3.21. The molecule has 68 valence electrons. The second-order valence-corrected chi connectivity index (χ2v) is 3.34. The average molecular weight is 175 g/mol. The topological polar surface area (TPSA) is 20.3 Å². The number of carbonyl (C=O) groups is 1. The highest BCUT2D eigenvalue weighted by Gasteiger charge is 2.26. The lowest BCUT2D eigenvalue weighted by atomic mass is 10.0. The highest BCUT2D eigenvalue weighted by molar-refractivity contribution is 5.74. The monoisotopic (exact) mass is 175 g/mol. The average Bonchev–Trinajstić information content (AvgIpc) is 2.56. The number of carbonyl (C=O) groups excluding carboxylic acids is 1. The Morgan fingerprint density at radius 1 is 1.54 bits per heavy atom. The minimum absolute atomic E-state index is 0.0798. The first kappa shape index (κ1) is 8.30. The van der Waals surface area contributed by atoms with Gasteiger partial charge in [0.2, 0.25) is 0 Å². The Hall–Kier alpha value is -1.31. The van der Waals surface area contributed by atoms with Gasteiger partial charge in [-0.1, -0.05) is 18.2 Å². The second-order valence-electron chi connectivity index (χ2n) is 3.34. The molecule has 13 heavy (non-hydrogen) atoms. The van der Waals surface area contributed by atoms with Crippen LogP contribution in [-0.4, -0.2) is 19.4 Å². The van der Waals surface area contributed by atoms with E-state index in [0.29, 0.717) is 0 Å². The molecule has 2 heteroatoms. The maximum absolute atomic E-state index is 10.8. The summed E-state index contributed by atoms with van der Waals surface area (Å²) in [6.07, 6.45) is 1.05. The van der Waals surface area contributed by atoms with Crippen molar-refractivity contribution in [2.45, 2.75) is 12.8 Å². The van der Waals surface area contributed by atoms with Gasteiger partial charge >= 0.3 is 0 Å².